The number of rotatable bonds is 17. The third-order valence-corrected chi connectivity index (χ3v) is 7.56. The second-order valence-electron chi connectivity index (χ2n) is 8.59. The van der Waals surface area contributed by atoms with Gasteiger partial charge in [0.1, 0.15) is 0 Å². The van der Waals surface area contributed by atoms with Gasteiger partial charge in [0.2, 0.25) is 0 Å². The van der Waals surface area contributed by atoms with Gasteiger partial charge in [0.05, 0.1) is 21.1 Å². The van der Waals surface area contributed by atoms with Crippen LogP contribution in [0.3, 0.4) is 0 Å². The molecule has 0 aromatic carbocycles. The van der Waals surface area contributed by atoms with Crippen LogP contribution in [0.4, 0.5) is 0 Å². The molecule has 0 N–H and O–H groups in total. The maximum absolute atomic E-state index is 11.9. The standard InChI is InChI=1S/C22H45NO2P/c1-6-8-9-10-11-12-13-14-15-16-17-18-19-20-21-22(7-2,26(24)25)23(3,4)5/h14-15H,6-13,16-21H2,1-5H3/q+1/b15-14-. The van der Waals surface area contributed by atoms with Gasteiger partial charge in [0.15, 0.2) is 0 Å². The largest absolute Gasteiger partial charge is 0.590 e. The van der Waals surface area contributed by atoms with Gasteiger partial charge in [-0.05, 0) is 32.1 Å². The lowest BCUT2D eigenvalue weighted by atomic mass is 10.0. The van der Waals surface area contributed by atoms with Gasteiger partial charge in [0.25, 0.3) is 5.28 Å². The Morgan fingerprint density at radius 1 is 0.808 bits per heavy atom. The SMILES string of the molecule is CCCCCCCC/C=C\CCCCCCC(CC)([P+](=O)[O-])[N+](C)(C)C. The number of hydrogen-bond donors (Lipinski definition) is 0. The lowest BCUT2D eigenvalue weighted by molar-refractivity contribution is -0.910. The molecule has 0 saturated carbocycles. The normalized spacial score (nSPS) is 15.4. The molecule has 0 aliphatic heterocycles. The highest BCUT2D eigenvalue weighted by atomic mass is 31.1. The van der Waals surface area contributed by atoms with Crippen molar-refractivity contribution in [3.63, 3.8) is 0 Å². The molecule has 0 fully saturated rings. The van der Waals surface area contributed by atoms with Gasteiger partial charge in [-0.2, -0.15) is 0 Å². The molecule has 0 aliphatic rings. The summed E-state index contributed by atoms with van der Waals surface area (Å²) in [6, 6.07) is 0. The van der Waals surface area contributed by atoms with Crippen molar-refractivity contribution >= 4 is 8.03 Å². The van der Waals surface area contributed by atoms with E-state index in [9.17, 15) is 9.46 Å². The highest BCUT2D eigenvalue weighted by molar-refractivity contribution is 7.38. The first-order valence-electron chi connectivity index (χ1n) is 10.9. The Morgan fingerprint density at radius 2 is 1.27 bits per heavy atom. The van der Waals surface area contributed by atoms with Crippen LogP contribution in [-0.4, -0.2) is 30.9 Å². The van der Waals surface area contributed by atoms with E-state index in [0.717, 1.165) is 19.3 Å². The van der Waals surface area contributed by atoms with Crippen molar-refractivity contribution in [2.75, 3.05) is 21.1 Å². The number of nitrogens with zero attached hydrogens (tertiary/aromatic N) is 1. The van der Waals surface area contributed by atoms with E-state index in [2.05, 4.69) is 19.1 Å². The zero-order chi connectivity index (χ0) is 19.9. The third kappa shape index (κ3) is 10.2. The molecule has 0 radical (unpaired) electrons. The van der Waals surface area contributed by atoms with E-state index in [1.807, 2.05) is 28.1 Å². The molecule has 3 nitrogen and oxygen atoms in total. The van der Waals surface area contributed by atoms with Crippen LogP contribution in [-0.2, 0) is 4.57 Å². The van der Waals surface area contributed by atoms with E-state index in [4.69, 9.17) is 0 Å². The van der Waals surface area contributed by atoms with Crippen LogP contribution in [0, 0.1) is 0 Å². The molecule has 0 aliphatic carbocycles. The Bertz CT molecular complexity index is 390. The molecule has 2 unspecified atom stereocenters. The molecule has 26 heavy (non-hydrogen) atoms. The lowest BCUT2D eigenvalue weighted by Gasteiger charge is -2.39. The fraction of sp³-hybridized carbons (Fsp3) is 0.909. The summed E-state index contributed by atoms with van der Waals surface area (Å²) in [4.78, 5) is 11.9. The maximum Gasteiger partial charge on any atom is 0.376 e. The van der Waals surface area contributed by atoms with Gasteiger partial charge < -0.3 is 4.89 Å². The molecular formula is C22H45NO2P+. The van der Waals surface area contributed by atoms with Crippen molar-refractivity contribution < 1.29 is 13.9 Å². The summed E-state index contributed by atoms with van der Waals surface area (Å²) >= 11 is 0. The van der Waals surface area contributed by atoms with Crippen LogP contribution in [0.5, 0.6) is 0 Å². The second kappa shape index (κ2) is 14.8. The van der Waals surface area contributed by atoms with Crippen LogP contribution >= 0.6 is 8.03 Å². The Morgan fingerprint density at radius 3 is 1.69 bits per heavy atom. The topological polar surface area (TPSA) is 40.1 Å². The zero-order valence-corrected chi connectivity index (χ0v) is 19.2. The average molecular weight is 387 g/mol. The van der Waals surface area contributed by atoms with Gasteiger partial charge in [-0.1, -0.05) is 75.5 Å². The average Bonchev–Trinajstić information content (AvgIpc) is 2.57. The van der Waals surface area contributed by atoms with Crippen LogP contribution in [0.1, 0.15) is 104 Å². The molecule has 0 rings (SSSR count). The fourth-order valence-electron chi connectivity index (χ4n) is 3.75. The van der Waals surface area contributed by atoms with Crippen molar-refractivity contribution in [1.82, 2.24) is 0 Å². The van der Waals surface area contributed by atoms with Gasteiger partial charge in [-0.25, -0.2) is 0 Å². The monoisotopic (exact) mass is 386 g/mol. The maximum atomic E-state index is 11.9. The second-order valence-corrected chi connectivity index (χ2v) is 9.93. The molecule has 0 heterocycles. The molecule has 0 aromatic heterocycles. The first-order chi connectivity index (χ1) is 12.3. The number of hydrogen-bond acceptors (Lipinski definition) is 2. The van der Waals surface area contributed by atoms with Gasteiger partial charge in [-0.15, -0.1) is 0 Å². The highest BCUT2D eigenvalue weighted by Gasteiger charge is 2.52. The van der Waals surface area contributed by atoms with Crippen molar-refractivity contribution in [2.24, 2.45) is 0 Å². The molecule has 4 heteroatoms. The lowest BCUT2D eigenvalue weighted by Crippen LogP contribution is -2.55. The highest BCUT2D eigenvalue weighted by Crippen LogP contribution is 2.44. The minimum Gasteiger partial charge on any atom is -0.590 e. The van der Waals surface area contributed by atoms with Crippen molar-refractivity contribution in [3.05, 3.63) is 12.2 Å². The van der Waals surface area contributed by atoms with E-state index in [0.29, 0.717) is 10.9 Å². The Labute approximate surface area is 164 Å². The summed E-state index contributed by atoms with van der Waals surface area (Å²) in [6.07, 6.45) is 21.3. The number of unbranched alkanes of at least 4 members (excludes halogenated alkanes) is 10. The van der Waals surface area contributed by atoms with Crippen molar-refractivity contribution in [1.29, 1.82) is 0 Å². The summed E-state index contributed by atoms with van der Waals surface area (Å²) in [5.74, 6) is 0. The Balaban J connectivity index is 3.77. The first kappa shape index (κ1) is 25.8. The van der Waals surface area contributed by atoms with Gasteiger partial charge in [0, 0.05) is 12.8 Å². The molecular weight excluding hydrogens is 341 g/mol. The predicted octanol–water partition coefficient (Wildman–Crippen LogP) is 6.55. The quantitative estimate of drug-likeness (QED) is 0.123. The Kier molecular flexibility index (Phi) is 14.6. The third-order valence-electron chi connectivity index (χ3n) is 5.74. The molecule has 154 valence electrons. The summed E-state index contributed by atoms with van der Waals surface area (Å²) in [7, 11) is 3.59. The van der Waals surface area contributed by atoms with Crippen LogP contribution < -0.4 is 4.89 Å². The molecule has 2 atom stereocenters. The van der Waals surface area contributed by atoms with Gasteiger partial charge in [-0.3, -0.25) is 4.48 Å². The summed E-state index contributed by atoms with van der Waals surface area (Å²) in [6.45, 7) is 4.27. The van der Waals surface area contributed by atoms with Crippen LogP contribution in [0.15, 0.2) is 12.2 Å². The molecule has 0 aromatic rings. The minimum atomic E-state index is -2.42. The van der Waals surface area contributed by atoms with Crippen molar-refractivity contribution in [3.8, 4) is 0 Å². The summed E-state index contributed by atoms with van der Waals surface area (Å²) in [5, 5.41) is -0.605. The van der Waals surface area contributed by atoms with E-state index in [-0.39, 0.29) is 0 Å². The Hall–Kier alpha value is -0.240. The fourth-order valence-corrected chi connectivity index (χ4v) is 4.84. The van der Waals surface area contributed by atoms with Gasteiger partial charge >= 0.3 is 8.03 Å². The number of allylic oxidation sites excluding steroid dienone is 2. The zero-order valence-electron chi connectivity index (χ0n) is 18.3. The predicted molar refractivity (Wildman–Crippen MR) is 113 cm³/mol. The molecule has 0 amide bonds. The summed E-state index contributed by atoms with van der Waals surface area (Å²) < 4.78 is 12.4. The molecule has 0 saturated heterocycles. The number of quaternary nitrogens is 1. The van der Waals surface area contributed by atoms with E-state index in [1.165, 1.54) is 64.2 Å². The van der Waals surface area contributed by atoms with Crippen LogP contribution in [0.25, 0.3) is 0 Å². The van der Waals surface area contributed by atoms with E-state index >= 15 is 0 Å². The smallest absolute Gasteiger partial charge is 0.376 e. The minimum absolute atomic E-state index is 0.503. The van der Waals surface area contributed by atoms with E-state index < -0.39 is 13.3 Å². The van der Waals surface area contributed by atoms with Crippen molar-refractivity contribution in [2.45, 2.75) is 109 Å². The molecule has 0 bridgehead atoms. The van der Waals surface area contributed by atoms with Crippen LogP contribution in [0.2, 0.25) is 0 Å². The summed E-state index contributed by atoms with van der Waals surface area (Å²) in [5.41, 5.74) is 0. The molecule has 0 spiro atoms. The first-order valence-corrected chi connectivity index (χ1v) is 12.1. The van der Waals surface area contributed by atoms with E-state index in [1.54, 1.807) is 0 Å².